The van der Waals surface area contributed by atoms with Gasteiger partial charge in [-0.3, -0.25) is 9.69 Å². The summed E-state index contributed by atoms with van der Waals surface area (Å²) in [6, 6.07) is -0.282. The van der Waals surface area contributed by atoms with Gasteiger partial charge in [0.1, 0.15) is 11.4 Å². The van der Waals surface area contributed by atoms with Gasteiger partial charge < -0.3 is 15.2 Å². The lowest BCUT2D eigenvalue weighted by molar-refractivity contribution is -0.134. The largest absolute Gasteiger partial charge is 0.337 e. The fraction of sp³-hybridized carbons (Fsp3) is 0.722. The smallest absolute Gasteiger partial charge is 0.325 e. The highest BCUT2D eigenvalue weighted by atomic mass is 16.2. The quantitative estimate of drug-likeness (QED) is 0.767. The van der Waals surface area contributed by atoms with Crippen LogP contribution in [0.1, 0.15) is 45.4 Å². The van der Waals surface area contributed by atoms with Crippen LogP contribution in [0.5, 0.6) is 0 Å². The zero-order valence-corrected chi connectivity index (χ0v) is 15.4. The fourth-order valence-corrected chi connectivity index (χ4v) is 3.96. The molecule has 3 amide bonds. The first-order valence-corrected chi connectivity index (χ1v) is 9.25. The van der Waals surface area contributed by atoms with E-state index in [1.807, 2.05) is 17.8 Å². The van der Waals surface area contributed by atoms with Gasteiger partial charge in [0.25, 0.3) is 5.91 Å². The number of imide groups is 1. The molecule has 1 atom stereocenters. The molecule has 2 fully saturated rings. The number of rotatable bonds is 6. The molecule has 1 aromatic rings. The second kappa shape index (κ2) is 7.15. The van der Waals surface area contributed by atoms with E-state index in [0.717, 1.165) is 32.4 Å². The third-order valence-corrected chi connectivity index (χ3v) is 5.57. The molecule has 0 bridgehead atoms. The van der Waals surface area contributed by atoms with Crippen molar-refractivity contribution in [1.29, 1.82) is 0 Å². The van der Waals surface area contributed by atoms with E-state index in [-0.39, 0.29) is 24.4 Å². The van der Waals surface area contributed by atoms with Crippen LogP contribution in [0.15, 0.2) is 12.4 Å². The SMILES string of the molecule is CC(C)CC[C@@]1(C2CCNCC2)NC(=O)N(Cc2nccn2C)C1=O. The van der Waals surface area contributed by atoms with Gasteiger partial charge in [0.15, 0.2) is 0 Å². The van der Waals surface area contributed by atoms with Crippen molar-refractivity contribution < 1.29 is 9.59 Å². The molecular weight excluding hydrogens is 318 g/mol. The van der Waals surface area contributed by atoms with Crippen LogP contribution in [0.25, 0.3) is 0 Å². The van der Waals surface area contributed by atoms with Gasteiger partial charge in [-0.15, -0.1) is 0 Å². The van der Waals surface area contributed by atoms with E-state index in [1.54, 1.807) is 6.20 Å². The Morgan fingerprint density at radius 3 is 2.64 bits per heavy atom. The highest BCUT2D eigenvalue weighted by Crippen LogP contribution is 2.37. The van der Waals surface area contributed by atoms with E-state index in [1.165, 1.54) is 4.90 Å². The third kappa shape index (κ3) is 3.42. The predicted molar refractivity (Wildman–Crippen MR) is 94.7 cm³/mol. The van der Waals surface area contributed by atoms with Crippen molar-refractivity contribution in [1.82, 2.24) is 25.1 Å². The first-order valence-electron chi connectivity index (χ1n) is 9.25. The van der Waals surface area contributed by atoms with Gasteiger partial charge in [0, 0.05) is 19.4 Å². The van der Waals surface area contributed by atoms with Crippen molar-refractivity contribution in [3.63, 3.8) is 0 Å². The summed E-state index contributed by atoms with van der Waals surface area (Å²) in [5.41, 5.74) is -0.755. The average Bonchev–Trinajstić information content (AvgIpc) is 3.11. The van der Waals surface area contributed by atoms with Crippen LogP contribution in [0, 0.1) is 11.8 Å². The van der Waals surface area contributed by atoms with Crippen LogP contribution < -0.4 is 10.6 Å². The van der Waals surface area contributed by atoms with Gasteiger partial charge in [-0.25, -0.2) is 9.78 Å². The topological polar surface area (TPSA) is 79.3 Å². The second-order valence-electron chi connectivity index (χ2n) is 7.70. The molecule has 7 nitrogen and oxygen atoms in total. The number of carbonyl (C=O) groups excluding carboxylic acids is 2. The standard InChI is InChI=1S/C18H29N5O2/c1-13(2)4-7-18(14-5-8-19-9-6-14)16(24)23(17(25)21-18)12-15-20-10-11-22(15)3/h10-11,13-14,19H,4-9,12H2,1-3H3,(H,21,25)/t18-/m0/s1. The van der Waals surface area contributed by atoms with Crippen LogP contribution in [0.4, 0.5) is 4.79 Å². The first-order chi connectivity index (χ1) is 11.9. The molecule has 3 heterocycles. The van der Waals surface area contributed by atoms with Gasteiger partial charge in [-0.05, 0) is 50.6 Å². The van der Waals surface area contributed by atoms with Crippen molar-refractivity contribution in [2.75, 3.05) is 13.1 Å². The van der Waals surface area contributed by atoms with Crippen LogP contribution >= 0.6 is 0 Å². The van der Waals surface area contributed by atoms with Crippen LogP contribution in [0.2, 0.25) is 0 Å². The minimum absolute atomic E-state index is 0.0759. The van der Waals surface area contributed by atoms with Crippen LogP contribution in [-0.4, -0.2) is 45.0 Å². The van der Waals surface area contributed by atoms with Gasteiger partial charge >= 0.3 is 6.03 Å². The number of amides is 3. The minimum atomic E-state index is -0.755. The maximum atomic E-state index is 13.4. The monoisotopic (exact) mass is 347 g/mol. The average molecular weight is 347 g/mol. The van der Waals surface area contributed by atoms with Crippen molar-refractivity contribution >= 4 is 11.9 Å². The summed E-state index contributed by atoms with van der Waals surface area (Å²) < 4.78 is 1.85. The Balaban J connectivity index is 1.85. The number of carbonyl (C=O) groups is 2. The van der Waals surface area contributed by atoms with Crippen LogP contribution in [0.3, 0.4) is 0 Å². The molecule has 2 saturated heterocycles. The van der Waals surface area contributed by atoms with Gasteiger partial charge in [-0.2, -0.15) is 0 Å². The van der Waals surface area contributed by atoms with Crippen molar-refractivity contribution in [2.45, 2.75) is 51.6 Å². The van der Waals surface area contributed by atoms with Gasteiger partial charge in [0.05, 0.1) is 6.54 Å². The van der Waals surface area contributed by atoms with Crippen LogP contribution in [-0.2, 0) is 18.4 Å². The molecule has 2 aliphatic rings. The zero-order valence-electron chi connectivity index (χ0n) is 15.4. The summed E-state index contributed by atoms with van der Waals surface area (Å²) in [4.78, 5) is 31.7. The molecule has 0 saturated carbocycles. The van der Waals surface area contributed by atoms with E-state index >= 15 is 0 Å². The molecule has 0 unspecified atom stereocenters. The molecule has 3 rings (SSSR count). The minimum Gasteiger partial charge on any atom is -0.337 e. The lowest BCUT2D eigenvalue weighted by Crippen LogP contribution is -2.56. The van der Waals surface area contributed by atoms with E-state index in [0.29, 0.717) is 18.2 Å². The number of nitrogens with zero attached hydrogens (tertiary/aromatic N) is 3. The first kappa shape index (κ1) is 17.9. The highest BCUT2D eigenvalue weighted by Gasteiger charge is 2.55. The van der Waals surface area contributed by atoms with Gasteiger partial charge in [-0.1, -0.05) is 13.8 Å². The molecular formula is C18H29N5O2. The normalized spacial score (nSPS) is 25.0. The molecule has 0 aliphatic carbocycles. The molecule has 0 radical (unpaired) electrons. The number of aryl methyl sites for hydroxylation is 1. The Kier molecular flexibility index (Phi) is 5.13. The van der Waals surface area contributed by atoms with E-state index < -0.39 is 5.54 Å². The van der Waals surface area contributed by atoms with Crippen molar-refractivity contribution in [3.8, 4) is 0 Å². The van der Waals surface area contributed by atoms with Crippen molar-refractivity contribution in [3.05, 3.63) is 18.2 Å². The Hall–Kier alpha value is -1.89. The molecule has 1 aromatic heterocycles. The van der Waals surface area contributed by atoms with E-state index in [2.05, 4.69) is 29.5 Å². The number of urea groups is 1. The van der Waals surface area contributed by atoms with E-state index in [4.69, 9.17) is 0 Å². The highest BCUT2D eigenvalue weighted by molar-refractivity contribution is 6.07. The summed E-state index contributed by atoms with van der Waals surface area (Å²) >= 11 is 0. The Bertz CT molecular complexity index is 635. The fourth-order valence-electron chi connectivity index (χ4n) is 3.96. The summed E-state index contributed by atoms with van der Waals surface area (Å²) in [6.07, 6.45) is 6.98. The maximum Gasteiger partial charge on any atom is 0.325 e. The molecule has 0 aromatic carbocycles. The number of nitrogens with one attached hydrogen (secondary N) is 2. The molecule has 0 spiro atoms. The summed E-state index contributed by atoms with van der Waals surface area (Å²) in [6.45, 7) is 6.34. The third-order valence-electron chi connectivity index (χ3n) is 5.57. The number of hydrogen-bond donors (Lipinski definition) is 2. The molecule has 138 valence electrons. The Morgan fingerprint density at radius 1 is 1.32 bits per heavy atom. The Labute approximate surface area is 149 Å². The predicted octanol–water partition coefficient (Wildman–Crippen LogP) is 1.65. The lowest BCUT2D eigenvalue weighted by atomic mass is 9.74. The maximum absolute atomic E-state index is 13.4. The zero-order chi connectivity index (χ0) is 18.0. The van der Waals surface area contributed by atoms with Gasteiger partial charge in [0.2, 0.25) is 0 Å². The molecule has 25 heavy (non-hydrogen) atoms. The van der Waals surface area contributed by atoms with E-state index in [9.17, 15) is 9.59 Å². The summed E-state index contributed by atoms with van der Waals surface area (Å²) in [5.74, 6) is 1.32. The second-order valence-corrected chi connectivity index (χ2v) is 7.70. The number of imidazole rings is 1. The lowest BCUT2D eigenvalue weighted by Gasteiger charge is -2.38. The number of piperidine rings is 1. The van der Waals surface area contributed by atoms with Crippen molar-refractivity contribution in [2.24, 2.45) is 18.9 Å². The number of aromatic nitrogens is 2. The number of hydrogen-bond acceptors (Lipinski definition) is 4. The molecule has 7 heteroatoms. The summed E-state index contributed by atoms with van der Waals surface area (Å²) in [5, 5.41) is 6.45. The molecule has 2 N–H and O–H groups in total. The Morgan fingerprint density at radius 2 is 2.04 bits per heavy atom. The summed E-state index contributed by atoms with van der Waals surface area (Å²) in [7, 11) is 1.87. The molecule has 2 aliphatic heterocycles.